The normalized spacial score (nSPS) is 15.0. The first-order chi connectivity index (χ1) is 6.83. The highest BCUT2D eigenvalue weighted by Gasteiger charge is 2.24. The maximum absolute atomic E-state index is 5.76. The highest BCUT2D eigenvalue weighted by atomic mass is 16.5. The van der Waals surface area contributed by atoms with E-state index >= 15 is 0 Å². The Hall–Kier alpha value is -1.38. The molecule has 2 rings (SSSR count). The van der Waals surface area contributed by atoms with Gasteiger partial charge in [-0.25, -0.2) is 0 Å². The third-order valence-corrected chi connectivity index (χ3v) is 2.36. The lowest BCUT2D eigenvalue weighted by Gasteiger charge is -2.12. The van der Waals surface area contributed by atoms with E-state index in [4.69, 9.17) is 4.74 Å². The topological polar surface area (TPSA) is 33.3 Å². The van der Waals surface area contributed by atoms with Gasteiger partial charge >= 0.3 is 0 Å². The first-order valence-corrected chi connectivity index (χ1v) is 4.99. The molecule has 1 aromatic rings. The van der Waals surface area contributed by atoms with E-state index in [9.17, 15) is 0 Å². The molecule has 0 aliphatic heterocycles. The molecule has 0 saturated heterocycles. The minimum absolute atomic E-state index is 0.447. The summed E-state index contributed by atoms with van der Waals surface area (Å²) in [4.78, 5) is 0. The molecule has 3 nitrogen and oxygen atoms in total. The Morgan fingerprint density at radius 1 is 1.21 bits per heavy atom. The fraction of sp³-hybridized carbons (Fsp3) is 0.455. The average Bonchev–Trinajstić information content (AvgIpc) is 3.02. The fourth-order valence-electron chi connectivity index (χ4n) is 1.35. The molecule has 14 heavy (non-hydrogen) atoms. The standard InChI is InChI=1S/C11H16N2O/c1-12-8-3-6-11(10(7-8)13-2)14-9-4-5-9/h3,6-7,9,12-13H,4-5H2,1-2H3. The van der Waals surface area contributed by atoms with Crippen molar-refractivity contribution in [3.05, 3.63) is 18.2 Å². The van der Waals surface area contributed by atoms with E-state index in [0.717, 1.165) is 17.1 Å². The van der Waals surface area contributed by atoms with Crippen LogP contribution in [-0.2, 0) is 0 Å². The van der Waals surface area contributed by atoms with Gasteiger partial charge in [0.1, 0.15) is 5.75 Å². The van der Waals surface area contributed by atoms with E-state index in [1.165, 1.54) is 12.8 Å². The number of nitrogens with one attached hydrogen (secondary N) is 2. The number of ether oxygens (including phenoxy) is 1. The van der Waals surface area contributed by atoms with Crippen LogP contribution in [0.3, 0.4) is 0 Å². The van der Waals surface area contributed by atoms with Crippen molar-refractivity contribution < 1.29 is 4.74 Å². The van der Waals surface area contributed by atoms with Crippen LogP contribution in [0.5, 0.6) is 5.75 Å². The second-order valence-electron chi connectivity index (χ2n) is 3.53. The van der Waals surface area contributed by atoms with E-state index in [1.807, 2.05) is 26.2 Å². The summed E-state index contributed by atoms with van der Waals surface area (Å²) in [5.41, 5.74) is 2.14. The third-order valence-electron chi connectivity index (χ3n) is 2.36. The van der Waals surface area contributed by atoms with E-state index in [0.29, 0.717) is 6.10 Å². The minimum atomic E-state index is 0.447. The van der Waals surface area contributed by atoms with Crippen molar-refractivity contribution in [2.24, 2.45) is 0 Å². The van der Waals surface area contributed by atoms with Crippen LogP contribution in [-0.4, -0.2) is 20.2 Å². The molecular formula is C11H16N2O. The molecule has 3 heteroatoms. The van der Waals surface area contributed by atoms with Crippen molar-refractivity contribution in [2.45, 2.75) is 18.9 Å². The van der Waals surface area contributed by atoms with Gasteiger partial charge in [-0.1, -0.05) is 0 Å². The number of rotatable bonds is 4. The van der Waals surface area contributed by atoms with Crippen LogP contribution in [0.4, 0.5) is 11.4 Å². The van der Waals surface area contributed by atoms with Gasteiger partial charge in [0.05, 0.1) is 11.8 Å². The Bertz CT molecular complexity index is 321. The summed E-state index contributed by atoms with van der Waals surface area (Å²) in [6, 6.07) is 6.09. The summed E-state index contributed by atoms with van der Waals surface area (Å²) < 4.78 is 5.76. The van der Waals surface area contributed by atoms with Crippen molar-refractivity contribution in [3.63, 3.8) is 0 Å². The van der Waals surface area contributed by atoms with Crippen molar-refractivity contribution in [2.75, 3.05) is 24.7 Å². The van der Waals surface area contributed by atoms with Crippen molar-refractivity contribution in [3.8, 4) is 5.75 Å². The highest BCUT2D eigenvalue weighted by Crippen LogP contribution is 2.33. The van der Waals surface area contributed by atoms with Gasteiger partial charge < -0.3 is 15.4 Å². The van der Waals surface area contributed by atoms with Crippen LogP contribution in [0.2, 0.25) is 0 Å². The largest absolute Gasteiger partial charge is 0.488 e. The Labute approximate surface area is 84.5 Å². The van der Waals surface area contributed by atoms with Crippen molar-refractivity contribution in [1.82, 2.24) is 0 Å². The Morgan fingerprint density at radius 2 is 2.00 bits per heavy atom. The molecule has 1 fully saturated rings. The van der Waals surface area contributed by atoms with Gasteiger partial charge in [0.2, 0.25) is 0 Å². The van der Waals surface area contributed by atoms with E-state index in [1.54, 1.807) is 0 Å². The highest BCUT2D eigenvalue weighted by molar-refractivity contribution is 5.64. The lowest BCUT2D eigenvalue weighted by Crippen LogP contribution is -2.01. The fourth-order valence-corrected chi connectivity index (χ4v) is 1.35. The molecule has 0 heterocycles. The van der Waals surface area contributed by atoms with Crippen LogP contribution in [0.15, 0.2) is 18.2 Å². The average molecular weight is 192 g/mol. The molecule has 1 aromatic carbocycles. The number of benzene rings is 1. The number of hydrogen-bond donors (Lipinski definition) is 2. The zero-order valence-electron chi connectivity index (χ0n) is 8.63. The van der Waals surface area contributed by atoms with Crippen LogP contribution < -0.4 is 15.4 Å². The summed E-state index contributed by atoms with van der Waals surface area (Å²) in [6.07, 6.45) is 2.83. The first-order valence-electron chi connectivity index (χ1n) is 4.99. The number of hydrogen-bond acceptors (Lipinski definition) is 3. The Balaban J connectivity index is 2.19. The quantitative estimate of drug-likeness (QED) is 0.768. The van der Waals surface area contributed by atoms with Crippen molar-refractivity contribution >= 4 is 11.4 Å². The lowest BCUT2D eigenvalue weighted by atomic mass is 10.2. The molecule has 2 N–H and O–H groups in total. The van der Waals surface area contributed by atoms with E-state index in [-0.39, 0.29) is 0 Å². The molecule has 0 spiro atoms. The van der Waals surface area contributed by atoms with Gasteiger partial charge in [-0.05, 0) is 31.0 Å². The maximum atomic E-state index is 5.76. The molecular weight excluding hydrogens is 176 g/mol. The van der Waals surface area contributed by atoms with E-state index in [2.05, 4.69) is 16.7 Å². The summed E-state index contributed by atoms with van der Waals surface area (Å²) >= 11 is 0. The molecule has 76 valence electrons. The van der Waals surface area contributed by atoms with Crippen LogP contribution in [0, 0.1) is 0 Å². The second-order valence-corrected chi connectivity index (χ2v) is 3.53. The van der Waals surface area contributed by atoms with Gasteiger partial charge in [0.15, 0.2) is 0 Å². The van der Waals surface area contributed by atoms with E-state index < -0.39 is 0 Å². The van der Waals surface area contributed by atoms with Gasteiger partial charge in [-0.2, -0.15) is 0 Å². The van der Waals surface area contributed by atoms with Gasteiger partial charge in [0.25, 0.3) is 0 Å². The van der Waals surface area contributed by atoms with Gasteiger partial charge in [0, 0.05) is 19.8 Å². The van der Waals surface area contributed by atoms with Crippen molar-refractivity contribution in [1.29, 1.82) is 0 Å². The molecule has 0 unspecified atom stereocenters. The molecule has 1 saturated carbocycles. The smallest absolute Gasteiger partial charge is 0.142 e. The predicted molar refractivity (Wildman–Crippen MR) is 59.2 cm³/mol. The van der Waals surface area contributed by atoms with Crippen LogP contribution in [0.1, 0.15) is 12.8 Å². The summed E-state index contributed by atoms with van der Waals surface area (Å²) in [7, 11) is 3.82. The molecule has 0 radical (unpaired) electrons. The second kappa shape index (κ2) is 3.78. The first kappa shape index (κ1) is 9.19. The zero-order chi connectivity index (χ0) is 9.97. The minimum Gasteiger partial charge on any atom is -0.488 e. The molecule has 1 aliphatic rings. The SMILES string of the molecule is CNc1ccc(OC2CC2)c(NC)c1. The third kappa shape index (κ3) is 1.92. The maximum Gasteiger partial charge on any atom is 0.142 e. The lowest BCUT2D eigenvalue weighted by molar-refractivity contribution is 0.305. The molecule has 1 aliphatic carbocycles. The Kier molecular flexibility index (Phi) is 2.48. The number of anilines is 2. The molecule has 0 amide bonds. The summed E-state index contributed by atoms with van der Waals surface area (Å²) in [5.74, 6) is 0.953. The molecule has 0 atom stereocenters. The van der Waals surface area contributed by atoms with Gasteiger partial charge in [-0.3, -0.25) is 0 Å². The molecule has 0 bridgehead atoms. The predicted octanol–water partition coefficient (Wildman–Crippen LogP) is 2.31. The summed E-state index contributed by atoms with van der Waals surface area (Å²) in [6.45, 7) is 0. The monoisotopic (exact) mass is 192 g/mol. The molecule has 0 aromatic heterocycles. The van der Waals surface area contributed by atoms with Gasteiger partial charge in [-0.15, -0.1) is 0 Å². The van der Waals surface area contributed by atoms with Crippen LogP contribution >= 0.6 is 0 Å². The zero-order valence-corrected chi connectivity index (χ0v) is 8.63. The Morgan fingerprint density at radius 3 is 2.57 bits per heavy atom. The van der Waals surface area contributed by atoms with Crippen LogP contribution in [0.25, 0.3) is 0 Å². The summed E-state index contributed by atoms with van der Waals surface area (Å²) in [5, 5.41) is 6.24.